The van der Waals surface area contributed by atoms with E-state index < -0.39 is 5.97 Å². The summed E-state index contributed by atoms with van der Waals surface area (Å²) in [4.78, 5) is 12.4. The molecule has 116 valence electrons. The molecule has 0 aliphatic heterocycles. The highest BCUT2D eigenvalue weighted by Crippen LogP contribution is 2.31. The molecule has 3 nitrogen and oxygen atoms in total. The zero-order valence-electron chi connectivity index (χ0n) is 13.1. The number of nitrogens with two attached hydrogens (primary N) is 1. The minimum Gasteiger partial charge on any atom is -0.462 e. The number of hydrogen-bond donors (Lipinski definition) is 1. The fourth-order valence-electron chi connectivity index (χ4n) is 2.63. The Hall–Kier alpha value is -2.29. The van der Waals surface area contributed by atoms with Crippen molar-refractivity contribution in [2.45, 2.75) is 32.6 Å². The molecule has 0 radical (unpaired) electrons. The molecule has 0 bridgehead atoms. The Labute approximate surface area is 132 Å². The van der Waals surface area contributed by atoms with Crippen LogP contribution in [0.15, 0.2) is 59.7 Å². The van der Waals surface area contributed by atoms with Crippen LogP contribution in [0.1, 0.15) is 38.2 Å². The molecule has 0 saturated carbocycles. The average Bonchev–Trinajstić information content (AvgIpc) is 2.56. The van der Waals surface area contributed by atoms with Crippen LogP contribution in [0.25, 0.3) is 5.70 Å². The van der Waals surface area contributed by atoms with E-state index in [9.17, 15) is 4.79 Å². The maximum Gasteiger partial charge on any atom is 0.340 e. The normalized spacial score (nSPS) is 15.6. The van der Waals surface area contributed by atoms with Gasteiger partial charge in [-0.1, -0.05) is 43.0 Å². The summed E-state index contributed by atoms with van der Waals surface area (Å²) in [5.41, 5.74) is 9.69. The minimum absolute atomic E-state index is 0.316. The molecule has 1 aromatic carbocycles. The highest BCUT2D eigenvalue weighted by atomic mass is 16.5. The van der Waals surface area contributed by atoms with Crippen molar-refractivity contribution >= 4 is 11.7 Å². The van der Waals surface area contributed by atoms with Gasteiger partial charge in [-0.15, -0.1) is 0 Å². The van der Waals surface area contributed by atoms with E-state index in [0.29, 0.717) is 23.5 Å². The summed E-state index contributed by atoms with van der Waals surface area (Å²) < 4.78 is 5.19. The van der Waals surface area contributed by atoms with Gasteiger partial charge in [-0.25, -0.2) is 4.79 Å². The van der Waals surface area contributed by atoms with Gasteiger partial charge in [0.05, 0.1) is 17.9 Å². The van der Waals surface area contributed by atoms with E-state index in [1.54, 1.807) is 6.92 Å². The highest BCUT2D eigenvalue weighted by molar-refractivity contribution is 6.02. The first kappa shape index (κ1) is 16.1. The van der Waals surface area contributed by atoms with Gasteiger partial charge in [-0.2, -0.15) is 0 Å². The van der Waals surface area contributed by atoms with Gasteiger partial charge in [0, 0.05) is 0 Å². The van der Waals surface area contributed by atoms with Crippen molar-refractivity contribution in [3.8, 4) is 0 Å². The molecule has 0 aromatic heterocycles. The first-order chi connectivity index (χ1) is 10.6. The van der Waals surface area contributed by atoms with Crippen LogP contribution in [-0.4, -0.2) is 12.6 Å². The van der Waals surface area contributed by atoms with E-state index in [0.717, 1.165) is 30.4 Å². The maximum absolute atomic E-state index is 12.4. The molecule has 3 heteroatoms. The lowest BCUT2D eigenvalue weighted by Crippen LogP contribution is -2.16. The number of esters is 1. The minimum atomic E-state index is -0.402. The lowest BCUT2D eigenvalue weighted by Gasteiger charge is -2.19. The van der Waals surface area contributed by atoms with Crippen LogP contribution in [0.5, 0.6) is 0 Å². The summed E-state index contributed by atoms with van der Waals surface area (Å²) in [7, 11) is 0. The predicted molar refractivity (Wildman–Crippen MR) is 89.9 cm³/mol. The summed E-state index contributed by atoms with van der Waals surface area (Å²) in [6.45, 7) is 6.23. The van der Waals surface area contributed by atoms with Crippen molar-refractivity contribution in [1.29, 1.82) is 0 Å². The van der Waals surface area contributed by atoms with Gasteiger partial charge in [0.1, 0.15) is 0 Å². The Bertz CT molecular complexity index is 612. The smallest absolute Gasteiger partial charge is 0.340 e. The second-order valence-corrected chi connectivity index (χ2v) is 5.33. The summed E-state index contributed by atoms with van der Waals surface area (Å²) >= 11 is 0. The molecule has 1 aliphatic rings. The lowest BCUT2D eigenvalue weighted by atomic mass is 9.88. The molecule has 2 N–H and O–H groups in total. The van der Waals surface area contributed by atoms with Crippen LogP contribution in [0.3, 0.4) is 0 Å². The number of hydrogen-bond acceptors (Lipinski definition) is 3. The number of allylic oxidation sites excluding steroid dienone is 2. The van der Waals surface area contributed by atoms with Gasteiger partial charge in [-0.05, 0) is 49.3 Å². The third kappa shape index (κ3) is 3.67. The number of carbonyl (C=O) groups excluding carboxylic acids is 1. The van der Waals surface area contributed by atoms with Crippen LogP contribution < -0.4 is 5.73 Å². The third-order valence-corrected chi connectivity index (χ3v) is 3.81. The fourth-order valence-corrected chi connectivity index (χ4v) is 2.63. The molecule has 1 aromatic rings. The Morgan fingerprint density at radius 2 is 2.00 bits per heavy atom. The lowest BCUT2D eigenvalue weighted by molar-refractivity contribution is -0.138. The number of ether oxygens (including phenoxy) is 1. The molecule has 1 aliphatic carbocycles. The van der Waals surface area contributed by atoms with Gasteiger partial charge >= 0.3 is 5.97 Å². The van der Waals surface area contributed by atoms with Crippen LogP contribution in [0.4, 0.5) is 0 Å². The molecular weight excluding hydrogens is 274 g/mol. The SMILES string of the molecule is C=C(C1=CCCCC1)/C(C(=O)OCC)=C(/N)c1ccccc1. The molecule has 0 amide bonds. The Kier molecular flexibility index (Phi) is 5.59. The van der Waals surface area contributed by atoms with E-state index >= 15 is 0 Å². The highest BCUT2D eigenvalue weighted by Gasteiger charge is 2.22. The van der Waals surface area contributed by atoms with E-state index in [1.807, 2.05) is 30.3 Å². The molecular formula is C19H23NO2. The van der Waals surface area contributed by atoms with Gasteiger partial charge in [0.25, 0.3) is 0 Å². The number of rotatable bonds is 5. The summed E-state index contributed by atoms with van der Waals surface area (Å²) in [6, 6.07) is 9.48. The molecule has 0 spiro atoms. The monoisotopic (exact) mass is 297 g/mol. The molecule has 0 unspecified atom stereocenters. The molecule has 0 heterocycles. The standard InChI is InChI=1S/C19H23NO2/c1-3-22-19(21)17(14(2)15-10-6-4-7-11-15)18(20)16-12-8-5-9-13-16/h5,8-10,12-13H,2-4,6-7,11,20H2,1H3/b18-17-. The summed E-state index contributed by atoms with van der Waals surface area (Å²) in [5, 5.41) is 0. The predicted octanol–water partition coefficient (Wildman–Crippen LogP) is 3.98. The van der Waals surface area contributed by atoms with Crippen molar-refractivity contribution < 1.29 is 9.53 Å². The van der Waals surface area contributed by atoms with E-state index in [2.05, 4.69) is 12.7 Å². The average molecular weight is 297 g/mol. The van der Waals surface area contributed by atoms with Gasteiger partial charge in [0.15, 0.2) is 0 Å². The first-order valence-corrected chi connectivity index (χ1v) is 7.76. The van der Waals surface area contributed by atoms with Crippen molar-refractivity contribution in [3.05, 3.63) is 65.3 Å². The third-order valence-electron chi connectivity index (χ3n) is 3.81. The largest absolute Gasteiger partial charge is 0.462 e. The Balaban J connectivity index is 2.44. The number of carbonyl (C=O) groups is 1. The van der Waals surface area contributed by atoms with Crippen LogP contribution in [-0.2, 0) is 9.53 Å². The molecule has 22 heavy (non-hydrogen) atoms. The first-order valence-electron chi connectivity index (χ1n) is 7.76. The molecule has 0 saturated heterocycles. The van der Waals surface area contributed by atoms with Crippen LogP contribution in [0.2, 0.25) is 0 Å². The summed E-state index contributed by atoms with van der Waals surface area (Å²) in [6.07, 6.45) is 6.42. The van der Waals surface area contributed by atoms with Crippen molar-refractivity contribution in [2.24, 2.45) is 5.73 Å². The second kappa shape index (κ2) is 7.64. The molecule has 2 rings (SSSR count). The Morgan fingerprint density at radius 3 is 2.59 bits per heavy atom. The molecule has 0 fully saturated rings. The summed E-state index contributed by atoms with van der Waals surface area (Å²) in [5.74, 6) is -0.402. The fraction of sp³-hybridized carbons (Fsp3) is 0.316. The quantitative estimate of drug-likeness (QED) is 0.508. The van der Waals surface area contributed by atoms with Gasteiger partial charge in [0.2, 0.25) is 0 Å². The van der Waals surface area contributed by atoms with Crippen molar-refractivity contribution in [2.75, 3.05) is 6.61 Å². The van der Waals surface area contributed by atoms with E-state index in [1.165, 1.54) is 6.42 Å². The van der Waals surface area contributed by atoms with Crippen LogP contribution >= 0.6 is 0 Å². The molecule has 0 atom stereocenters. The zero-order valence-corrected chi connectivity index (χ0v) is 13.1. The van der Waals surface area contributed by atoms with Crippen LogP contribution in [0, 0.1) is 0 Å². The number of benzene rings is 1. The Morgan fingerprint density at radius 1 is 1.27 bits per heavy atom. The van der Waals surface area contributed by atoms with Gasteiger partial charge in [-0.3, -0.25) is 0 Å². The van der Waals surface area contributed by atoms with E-state index in [-0.39, 0.29) is 0 Å². The second-order valence-electron chi connectivity index (χ2n) is 5.33. The van der Waals surface area contributed by atoms with Gasteiger partial charge < -0.3 is 10.5 Å². The zero-order chi connectivity index (χ0) is 15.9. The van der Waals surface area contributed by atoms with Crippen molar-refractivity contribution in [3.63, 3.8) is 0 Å². The van der Waals surface area contributed by atoms with E-state index in [4.69, 9.17) is 10.5 Å². The van der Waals surface area contributed by atoms with Crippen molar-refractivity contribution in [1.82, 2.24) is 0 Å². The maximum atomic E-state index is 12.4. The topological polar surface area (TPSA) is 52.3 Å².